The third-order valence-electron chi connectivity index (χ3n) is 10.6. The van der Waals surface area contributed by atoms with Gasteiger partial charge >= 0.3 is 0 Å². The maximum absolute atomic E-state index is 10.2. The second kappa shape index (κ2) is 7.85. The summed E-state index contributed by atoms with van der Waals surface area (Å²) in [5, 5.41) is 10.2. The average Bonchev–Trinajstić information content (AvgIpc) is 3.03. The van der Waals surface area contributed by atoms with Crippen molar-refractivity contribution >= 4 is 0 Å². The first-order valence-electron chi connectivity index (χ1n) is 12.7. The number of aliphatic hydroxyl groups is 1. The molecular weight excluding hydrogens is 353 g/mol. The lowest BCUT2D eigenvalue weighted by Crippen LogP contribution is -2.50. The van der Waals surface area contributed by atoms with Crippen LogP contribution in [0.4, 0.5) is 0 Å². The van der Waals surface area contributed by atoms with E-state index in [9.17, 15) is 5.11 Å². The van der Waals surface area contributed by atoms with Crippen molar-refractivity contribution < 1.29 is 5.11 Å². The van der Waals surface area contributed by atoms with Gasteiger partial charge in [0.2, 0.25) is 0 Å². The second-order valence-electron chi connectivity index (χ2n) is 12.2. The van der Waals surface area contributed by atoms with Crippen molar-refractivity contribution in [3.63, 3.8) is 0 Å². The molecule has 3 fully saturated rings. The van der Waals surface area contributed by atoms with Gasteiger partial charge in [0.15, 0.2) is 0 Å². The minimum atomic E-state index is -0.0861. The molecule has 29 heavy (non-hydrogen) atoms. The predicted octanol–water partition coefficient (Wildman–Crippen LogP) is 7.55. The standard InChI is InChI=1S/C28H46O/c1-18(2)19(3)7-8-20(4)24-11-12-25-23-10-9-21-17-22(29)13-15-27(21,5)26(23)14-16-28(24,25)6/h9,18,20,22-26,29H,3,7-8,10-17H2,1-2,4-6H3/t20-,22+,23?,24-,25?,26?,27+,28-/m1/s1/i3+1. The molecular formula is C28H46O. The van der Waals surface area contributed by atoms with Crippen LogP contribution < -0.4 is 0 Å². The number of allylic oxidation sites excluding steroid dienone is 2. The summed E-state index contributed by atoms with van der Waals surface area (Å²) in [6, 6.07) is 0. The Bertz CT molecular complexity index is 659. The van der Waals surface area contributed by atoms with Crippen LogP contribution >= 0.6 is 0 Å². The van der Waals surface area contributed by atoms with Crippen LogP contribution in [0.1, 0.15) is 98.8 Å². The van der Waals surface area contributed by atoms with Crippen LogP contribution in [0.15, 0.2) is 23.8 Å². The molecule has 4 aliphatic carbocycles. The van der Waals surface area contributed by atoms with Crippen LogP contribution in [-0.4, -0.2) is 11.2 Å². The quantitative estimate of drug-likeness (QED) is 0.373. The molecule has 3 unspecified atom stereocenters. The lowest BCUT2D eigenvalue weighted by molar-refractivity contribution is -0.0571. The van der Waals surface area contributed by atoms with E-state index in [2.05, 4.69) is 47.3 Å². The van der Waals surface area contributed by atoms with E-state index in [1.165, 1.54) is 56.9 Å². The fourth-order valence-corrected chi connectivity index (χ4v) is 8.52. The SMILES string of the molecule is CC(C)C(=[13CH2])CC[C@@H](C)[C@H]1CCC2C3CC=C4C[C@@H](O)CC[C@]4(C)C3CC[C@@]21C. The summed E-state index contributed by atoms with van der Waals surface area (Å²) in [4.78, 5) is 0. The smallest absolute Gasteiger partial charge is 0.0577 e. The van der Waals surface area contributed by atoms with Crippen molar-refractivity contribution in [1.82, 2.24) is 0 Å². The van der Waals surface area contributed by atoms with Gasteiger partial charge in [0.25, 0.3) is 0 Å². The average molecular weight is 400 g/mol. The van der Waals surface area contributed by atoms with E-state index in [0.717, 1.165) is 42.4 Å². The normalized spacial score (nSPS) is 45.2. The van der Waals surface area contributed by atoms with Gasteiger partial charge in [0.05, 0.1) is 6.10 Å². The zero-order valence-corrected chi connectivity index (χ0v) is 19.8. The van der Waals surface area contributed by atoms with Crippen molar-refractivity contribution in [1.29, 1.82) is 0 Å². The number of rotatable bonds is 5. The molecule has 0 aromatic carbocycles. The Hall–Kier alpha value is -0.560. The van der Waals surface area contributed by atoms with Gasteiger partial charge in [-0.3, -0.25) is 0 Å². The fourth-order valence-electron chi connectivity index (χ4n) is 8.52. The maximum Gasteiger partial charge on any atom is 0.0577 e. The maximum atomic E-state index is 10.2. The Morgan fingerprint density at radius 2 is 1.86 bits per heavy atom. The van der Waals surface area contributed by atoms with Crippen molar-refractivity contribution in [2.75, 3.05) is 0 Å². The van der Waals surface area contributed by atoms with E-state index in [4.69, 9.17) is 0 Å². The zero-order chi connectivity index (χ0) is 21.0. The van der Waals surface area contributed by atoms with Crippen LogP contribution in [0.25, 0.3) is 0 Å². The molecule has 0 aromatic heterocycles. The van der Waals surface area contributed by atoms with E-state index < -0.39 is 0 Å². The first-order valence-corrected chi connectivity index (χ1v) is 12.7. The topological polar surface area (TPSA) is 20.2 Å². The first kappa shape index (κ1) is 21.7. The summed E-state index contributed by atoms with van der Waals surface area (Å²) in [7, 11) is 0. The molecule has 8 atom stereocenters. The van der Waals surface area contributed by atoms with Crippen molar-refractivity contribution in [2.24, 2.45) is 46.3 Å². The predicted molar refractivity (Wildman–Crippen MR) is 124 cm³/mol. The highest BCUT2D eigenvalue weighted by molar-refractivity contribution is 5.25. The van der Waals surface area contributed by atoms with Gasteiger partial charge in [-0.15, -0.1) is 0 Å². The molecule has 0 spiro atoms. The minimum absolute atomic E-state index is 0.0861. The molecule has 3 saturated carbocycles. The van der Waals surface area contributed by atoms with Crippen LogP contribution in [0.2, 0.25) is 0 Å². The molecule has 0 amide bonds. The minimum Gasteiger partial charge on any atom is -0.393 e. The van der Waals surface area contributed by atoms with Crippen LogP contribution in [0.3, 0.4) is 0 Å². The van der Waals surface area contributed by atoms with Gasteiger partial charge in [-0.1, -0.05) is 58.4 Å². The largest absolute Gasteiger partial charge is 0.393 e. The lowest BCUT2D eigenvalue weighted by atomic mass is 9.47. The molecule has 4 aliphatic rings. The Morgan fingerprint density at radius 1 is 1.10 bits per heavy atom. The van der Waals surface area contributed by atoms with Gasteiger partial charge in [0.1, 0.15) is 0 Å². The van der Waals surface area contributed by atoms with E-state index in [1.807, 2.05) is 0 Å². The first-order chi connectivity index (χ1) is 13.7. The van der Waals surface area contributed by atoms with Crippen LogP contribution in [-0.2, 0) is 0 Å². The Balaban J connectivity index is 1.49. The molecule has 164 valence electrons. The van der Waals surface area contributed by atoms with Crippen molar-refractivity contribution in [3.8, 4) is 0 Å². The zero-order valence-electron chi connectivity index (χ0n) is 19.8. The molecule has 1 N–H and O–H groups in total. The second-order valence-corrected chi connectivity index (χ2v) is 12.2. The molecule has 1 heteroatoms. The third kappa shape index (κ3) is 3.58. The number of hydrogen-bond acceptors (Lipinski definition) is 1. The molecule has 0 radical (unpaired) electrons. The molecule has 0 aliphatic heterocycles. The van der Waals surface area contributed by atoms with Crippen molar-refractivity contribution in [2.45, 2.75) is 105 Å². The summed E-state index contributed by atoms with van der Waals surface area (Å²) in [6.07, 6.45) is 15.3. The number of fused-ring (bicyclic) bond motifs is 5. The molecule has 0 saturated heterocycles. The highest BCUT2D eigenvalue weighted by Crippen LogP contribution is 2.67. The Morgan fingerprint density at radius 3 is 2.59 bits per heavy atom. The van der Waals surface area contributed by atoms with E-state index >= 15 is 0 Å². The third-order valence-corrected chi connectivity index (χ3v) is 10.6. The molecule has 4 rings (SSSR count). The number of aliphatic hydroxyl groups excluding tert-OH is 1. The fraction of sp³-hybridized carbons (Fsp3) is 0.857. The highest BCUT2D eigenvalue weighted by Gasteiger charge is 2.59. The van der Waals surface area contributed by atoms with Crippen LogP contribution in [0.5, 0.6) is 0 Å². The van der Waals surface area contributed by atoms with Crippen LogP contribution in [0, 0.1) is 46.3 Å². The summed E-state index contributed by atoms with van der Waals surface area (Å²) in [5.41, 5.74) is 3.98. The van der Waals surface area contributed by atoms with E-state index in [1.54, 1.807) is 5.57 Å². The highest BCUT2D eigenvalue weighted by atomic mass is 16.3. The lowest BCUT2D eigenvalue weighted by Gasteiger charge is -2.58. The Labute approximate surface area is 180 Å². The van der Waals surface area contributed by atoms with Gasteiger partial charge in [-0.05, 0) is 111 Å². The summed E-state index contributed by atoms with van der Waals surface area (Å²) < 4.78 is 0. The summed E-state index contributed by atoms with van der Waals surface area (Å²) in [5.74, 6) is 5.03. The Kier molecular flexibility index (Phi) is 5.86. The van der Waals surface area contributed by atoms with Crippen molar-refractivity contribution in [3.05, 3.63) is 23.8 Å². The summed E-state index contributed by atoms with van der Waals surface area (Å²) >= 11 is 0. The molecule has 1 nitrogen and oxygen atoms in total. The monoisotopic (exact) mass is 399 g/mol. The molecule has 0 aromatic rings. The molecule has 0 heterocycles. The van der Waals surface area contributed by atoms with Gasteiger partial charge in [-0.25, -0.2) is 0 Å². The van der Waals surface area contributed by atoms with Gasteiger partial charge in [0, 0.05) is 0 Å². The van der Waals surface area contributed by atoms with Gasteiger partial charge < -0.3 is 5.11 Å². The van der Waals surface area contributed by atoms with Gasteiger partial charge in [-0.2, -0.15) is 0 Å². The van der Waals surface area contributed by atoms with E-state index in [-0.39, 0.29) is 6.10 Å². The summed E-state index contributed by atoms with van der Waals surface area (Å²) in [6.45, 7) is 16.7. The van der Waals surface area contributed by atoms with E-state index in [0.29, 0.717) is 16.7 Å². The number of hydrogen-bond donors (Lipinski definition) is 1. The molecule has 0 bridgehead atoms.